The lowest BCUT2D eigenvalue weighted by Gasteiger charge is -2.14. The SMILES string of the molecule is CCOc1nc(C)c(NC(=O)C2CCOC2)c(C)n1. The van der Waals surface area contributed by atoms with Crippen molar-refractivity contribution in [3.63, 3.8) is 0 Å². The molecule has 0 aromatic carbocycles. The number of anilines is 1. The van der Waals surface area contributed by atoms with Gasteiger partial charge in [-0.1, -0.05) is 0 Å². The first-order valence-corrected chi connectivity index (χ1v) is 6.48. The van der Waals surface area contributed by atoms with Crippen LogP contribution < -0.4 is 10.1 Å². The van der Waals surface area contributed by atoms with Crippen molar-refractivity contribution in [2.75, 3.05) is 25.1 Å². The van der Waals surface area contributed by atoms with Crippen molar-refractivity contribution in [2.24, 2.45) is 5.92 Å². The predicted molar refractivity (Wildman–Crippen MR) is 70.2 cm³/mol. The number of carbonyl (C=O) groups excluding carboxylic acids is 1. The smallest absolute Gasteiger partial charge is 0.316 e. The largest absolute Gasteiger partial charge is 0.464 e. The molecule has 1 N–H and O–H groups in total. The first-order valence-electron chi connectivity index (χ1n) is 6.48. The fourth-order valence-electron chi connectivity index (χ4n) is 2.03. The first-order chi connectivity index (χ1) is 9.11. The van der Waals surface area contributed by atoms with E-state index in [1.54, 1.807) is 0 Å². The van der Waals surface area contributed by atoms with Gasteiger partial charge in [0.1, 0.15) is 0 Å². The quantitative estimate of drug-likeness (QED) is 0.892. The van der Waals surface area contributed by atoms with E-state index >= 15 is 0 Å². The number of aryl methyl sites for hydroxylation is 2. The van der Waals surface area contributed by atoms with Gasteiger partial charge in [-0.05, 0) is 27.2 Å². The van der Waals surface area contributed by atoms with Crippen LogP contribution in [0.1, 0.15) is 24.7 Å². The Hall–Kier alpha value is -1.69. The standard InChI is InChI=1S/C13H19N3O3/c1-4-19-13-14-8(2)11(9(3)15-13)16-12(17)10-5-6-18-7-10/h10H,4-7H2,1-3H3,(H,16,17). The van der Waals surface area contributed by atoms with E-state index in [0.29, 0.717) is 42.9 Å². The van der Waals surface area contributed by atoms with Gasteiger partial charge < -0.3 is 14.8 Å². The van der Waals surface area contributed by atoms with E-state index < -0.39 is 0 Å². The van der Waals surface area contributed by atoms with E-state index in [0.717, 1.165) is 6.42 Å². The summed E-state index contributed by atoms with van der Waals surface area (Å²) in [5.41, 5.74) is 2.09. The molecule has 1 atom stereocenters. The monoisotopic (exact) mass is 265 g/mol. The number of nitrogens with one attached hydrogen (secondary N) is 1. The summed E-state index contributed by atoms with van der Waals surface area (Å²) in [7, 11) is 0. The summed E-state index contributed by atoms with van der Waals surface area (Å²) in [5, 5.41) is 2.89. The maximum absolute atomic E-state index is 12.1. The molecule has 0 aliphatic carbocycles. The number of hydrogen-bond acceptors (Lipinski definition) is 5. The molecule has 1 saturated heterocycles. The Morgan fingerprint density at radius 3 is 2.63 bits per heavy atom. The van der Waals surface area contributed by atoms with Gasteiger partial charge in [-0.3, -0.25) is 4.79 Å². The third-order valence-corrected chi connectivity index (χ3v) is 3.07. The molecule has 1 aromatic rings. The number of hydrogen-bond donors (Lipinski definition) is 1. The summed E-state index contributed by atoms with van der Waals surface area (Å²) < 4.78 is 10.5. The molecule has 0 bridgehead atoms. The molecule has 1 aliphatic heterocycles. The van der Waals surface area contributed by atoms with Gasteiger partial charge in [0.25, 0.3) is 0 Å². The van der Waals surface area contributed by atoms with Crippen LogP contribution >= 0.6 is 0 Å². The maximum atomic E-state index is 12.1. The molecule has 1 amide bonds. The molecule has 6 nitrogen and oxygen atoms in total. The number of aromatic nitrogens is 2. The Bertz CT molecular complexity index is 447. The second kappa shape index (κ2) is 5.97. The molecular weight excluding hydrogens is 246 g/mol. The molecule has 1 aliphatic rings. The first kappa shape index (κ1) is 13.7. The van der Waals surface area contributed by atoms with Crippen LogP contribution in [0.3, 0.4) is 0 Å². The average Bonchev–Trinajstić information content (AvgIpc) is 2.88. The summed E-state index contributed by atoms with van der Waals surface area (Å²) in [6.45, 7) is 7.20. The summed E-state index contributed by atoms with van der Waals surface area (Å²) in [5.74, 6) is -0.109. The van der Waals surface area contributed by atoms with E-state index in [-0.39, 0.29) is 11.8 Å². The van der Waals surface area contributed by atoms with Crippen molar-refractivity contribution < 1.29 is 14.3 Å². The lowest BCUT2D eigenvalue weighted by molar-refractivity contribution is -0.119. The molecular formula is C13H19N3O3. The van der Waals surface area contributed by atoms with Gasteiger partial charge >= 0.3 is 6.01 Å². The van der Waals surface area contributed by atoms with Gasteiger partial charge in [-0.25, -0.2) is 0 Å². The molecule has 1 unspecified atom stereocenters. The normalized spacial score (nSPS) is 18.4. The Morgan fingerprint density at radius 1 is 1.42 bits per heavy atom. The minimum Gasteiger partial charge on any atom is -0.464 e. The number of ether oxygens (including phenoxy) is 2. The van der Waals surface area contributed by atoms with Crippen molar-refractivity contribution in [1.82, 2.24) is 9.97 Å². The molecule has 2 rings (SSSR count). The number of carbonyl (C=O) groups is 1. The van der Waals surface area contributed by atoms with Crippen molar-refractivity contribution in [2.45, 2.75) is 27.2 Å². The van der Waals surface area contributed by atoms with Crippen LogP contribution in [0.2, 0.25) is 0 Å². The van der Waals surface area contributed by atoms with Gasteiger partial charge in [-0.2, -0.15) is 9.97 Å². The zero-order valence-electron chi connectivity index (χ0n) is 11.5. The van der Waals surface area contributed by atoms with Crippen LogP contribution in [0.15, 0.2) is 0 Å². The van der Waals surface area contributed by atoms with Crippen molar-refractivity contribution in [3.05, 3.63) is 11.4 Å². The zero-order valence-corrected chi connectivity index (χ0v) is 11.5. The van der Waals surface area contributed by atoms with Crippen LogP contribution in [0.25, 0.3) is 0 Å². The second-order valence-corrected chi connectivity index (χ2v) is 4.53. The zero-order chi connectivity index (χ0) is 13.8. The second-order valence-electron chi connectivity index (χ2n) is 4.53. The highest BCUT2D eigenvalue weighted by Crippen LogP contribution is 2.22. The molecule has 1 fully saturated rings. The lowest BCUT2D eigenvalue weighted by Crippen LogP contribution is -2.24. The summed E-state index contributed by atoms with van der Waals surface area (Å²) in [6, 6.07) is 0.347. The fraction of sp³-hybridized carbons (Fsp3) is 0.615. The number of amides is 1. The third kappa shape index (κ3) is 3.20. The van der Waals surface area contributed by atoms with E-state index in [2.05, 4.69) is 15.3 Å². The van der Waals surface area contributed by atoms with E-state index in [4.69, 9.17) is 9.47 Å². The van der Waals surface area contributed by atoms with Gasteiger partial charge in [0, 0.05) is 6.61 Å². The molecule has 0 spiro atoms. The molecule has 6 heteroatoms. The van der Waals surface area contributed by atoms with E-state index in [9.17, 15) is 4.79 Å². The fourth-order valence-corrected chi connectivity index (χ4v) is 2.03. The molecule has 0 radical (unpaired) electrons. The lowest BCUT2D eigenvalue weighted by atomic mass is 10.1. The predicted octanol–water partition coefficient (Wildman–Crippen LogP) is 1.47. The molecule has 0 saturated carbocycles. The third-order valence-electron chi connectivity index (χ3n) is 3.07. The van der Waals surface area contributed by atoms with Crippen LogP contribution in [0, 0.1) is 19.8 Å². The molecule has 1 aromatic heterocycles. The van der Waals surface area contributed by atoms with Gasteiger partial charge in [-0.15, -0.1) is 0 Å². The summed E-state index contributed by atoms with van der Waals surface area (Å²) in [4.78, 5) is 20.5. The highest BCUT2D eigenvalue weighted by Gasteiger charge is 2.24. The van der Waals surface area contributed by atoms with Crippen LogP contribution in [-0.2, 0) is 9.53 Å². The van der Waals surface area contributed by atoms with Crippen molar-refractivity contribution in [3.8, 4) is 6.01 Å². The average molecular weight is 265 g/mol. The molecule has 19 heavy (non-hydrogen) atoms. The van der Waals surface area contributed by atoms with E-state index in [1.165, 1.54) is 0 Å². The van der Waals surface area contributed by atoms with Gasteiger partial charge in [0.2, 0.25) is 5.91 Å². The van der Waals surface area contributed by atoms with Gasteiger partial charge in [0.05, 0.1) is 36.2 Å². The Morgan fingerprint density at radius 2 is 2.11 bits per heavy atom. The van der Waals surface area contributed by atoms with Crippen molar-refractivity contribution >= 4 is 11.6 Å². The number of rotatable bonds is 4. The van der Waals surface area contributed by atoms with Crippen LogP contribution in [0.5, 0.6) is 6.01 Å². The topological polar surface area (TPSA) is 73.3 Å². The summed E-state index contributed by atoms with van der Waals surface area (Å²) in [6.07, 6.45) is 0.766. The van der Waals surface area contributed by atoms with Crippen molar-refractivity contribution in [1.29, 1.82) is 0 Å². The minimum absolute atomic E-state index is 0.0311. The Kier molecular flexibility index (Phi) is 4.31. The highest BCUT2D eigenvalue weighted by molar-refractivity contribution is 5.93. The highest BCUT2D eigenvalue weighted by atomic mass is 16.5. The van der Waals surface area contributed by atoms with E-state index in [1.807, 2.05) is 20.8 Å². The van der Waals surface area contributed by atoms with Crippen LogP contribution in [0.4, 0.5) is 5.69 Å². The Balaban J connectivity index is 2.13. The molecule has 104 valence electrons. The Labute approximate surface area is 112 Å². The molecule has 2 heterocycles. The summed E-state index contributed by atoms with van der Waals surface area (Å²) >= 11 is 0. The maximum Gasteiger partial charge on any atom is 0.316 e. The van der Waals surface area contributed by atoms with Gasteiger partial charge in [0.15, 0.2) is 0 Å². The number of nitrogens with zero attached hydrogens (tertiary/aromatic N) is 2. The van der Waals surface area contributed by atoms with Crippen LogP contribution in [-0.4, -0.2) is 35.7 Å². The minimum atomic E-state index is -0.0784.